The molecule has 0 saturated carbocycles. The molecule has 0 aliphatic carbocycles. The van der Waals surface area contributed by atoms with Crippen molar-refractivity contribution in [2.75, 3.05) is 7.11 Å². The van der Waals surface area contributed by atoms with E-state index in [-0.39, 0.29) is 0 Å². The third kappa shape index (κ3) is 1.38. The Balaban J connectivity index is 2.51. The lowest BCUT2D eigenvalue weighted by Crippen LogP contribution is -1.88. The number of hydrogen-bond donors (Lipinski definition) is 1. The van der Waals surface area contributed by atoms with Gasteiger partial charge in [-0.1, -0.05) is 12.1 Å². The second-order valence-electron chi connectivity index (χ2n) is 2.53. The van der Waals surface area contributed by atoms with Crippen molar-refractivity contribution in [1.29, 1.82) is 0 Å². The fourth-order valence-electron chi connectivity index (χ4n) is 1.18. The van der Waals surface area contributed by atoms with E-state index in [4.69, 9.17) is 4.74 Å². The van der Waals surface area contributed by atoms with Gasteiger partial charge in [0.25, 0.3) is 0 Å². The molecule has 66 valence electrons. The number of para-hydroxylation sites is 1. The molecule has 0 fully saturated rings. The van der Waals surface area contributed by atoms with Crippen LogP contribution in [0.15, 0.2) is 30.6 Å². The number of nitrogens with one attached hydrogen (secondary N) is 1. The van der Waals surface area contributed by atoms with Crippen LogP contribution in [0.1, 0.15) is 0 Å². The zero-order valence-electron chi connectivity index (χ0n) is 7.19. The van der Waals surface area contributed by atoms with Crippen LogP contribution >= 0.6 is 0 Å². The highest BCUT2D eigenvalue weighted by molar-refractivity contribution is 5.63. The monoisotopic (exact) mass is 175 g/mol. The van der Waals surface area contributed by atoms with Gasteiger partial charge in [-0.15, -0.1) is 0 Å². The lowest BCUT2D eigenvalue weighted by molar-refractivity contribution is 0.416. The van der Waals surface area contributed by atoms with E-state index in [9.17, 15) is 0 Å². The molecule has 0 aliphatic heterocycles. The molecule has 1 aromatic heterocycles. The van der Waals surface area contributed by atoms with Gasteiger partial charge < -0.3 is 4.74 Å². The molecule has 2 rings (SSSR count). The van der Waals surface area contributed by atoms with Gasteiger partial charge in [0.2, 0.25) is 0 Å². The first-order chi connectivity index (χ1) is 6.42. The van der Waals surface area contributed by atoms with Crippen molar-refractivity contribution in [2.45, 2.75) is 0 Å². The maximum atomic E-state index is 5.18. The SMILES string of the molecule is COc1ccccc1-c1ncn[nH]1. The first kappa shape index (κ1) is 7.79. The molecule has 0 radical (unpaired) electrons. The molecule has 1 N–H and O–H groups in total. The van der Waals surface area contributed by atoms with Crippen molar-refractivity contribution in [1.82, 2.24) is 15.2 Å². The van der Waals surface area contributed by atoms with Gasteiger partial charge in [-0.3, -0.25) is 5.10 Å². The summed E-state index contributed by atoms with van der Waals surface area (Å²) in [6.45, 7) is 0. The average molecular weight is 175 g/mol. The van der Waals surface area contributed by atoms with Crippen LogP contribution in [-0.2, 0) is 0 Å². The molecular formula is C9H9N3O. The summed E-state index contributed by atoms with van der Waals surface area (Å²) in [7, 11) is 1.63. The quantitative estimate of drug-likeness (QED) is 0.752. The predicted molar refractivity (Wildman–Crippen MR) is 48.4 cm³/mol. The molecule has 0 saturated heterocycles. The minimum absolute atomic E-state index is 0.720. The van der Waals surface area contributed by atoms with E-state index in [1.807, 2.05) is 24.3 Å². The molecular weight excluding hydrogens is 166 g/mol. The molecule has 1 heterocycles. The normalized spacial score (nSPS) is 9.92. The molecule has 0 unspecified atom stereocenters. The van der Waals surface area contributed by atoms with E-state index in [2.05, 4.69) is 15.2 Å². The highest BCUT2D eigenvalue weighted by atomic mass is 16.5. The Morgan fingerprint density at radius 2 is 2.15 bits per heavy atom. The first-order valence-corrected chi connectivity index (χ1v) is 3.90. The molecule has 2 aromatic rings. The lowest BCUT2D eigenvalue weighted by Gasteiger charge is -2.03. The first-order valence-electron chi connectivity index (χ1n) is 3.90. The van der Waals surface area contributed by atoms with E-state index in [1.165, 1.54) is 6.33 Å². The minimum Gasteiger partial charge on any atom is -0.496 e. The number of aromatic nitrogens is 3. The van der Waals surface area contributed by atoms with Gasteiger partial charge in [0.1, 0.15) is 12.1 Å². The highest BCUT2D eigenvalue weighted by Crippen LogP contribution is 2.25. The highest BCUT2D eigenvalue weighted by Gasteiger charge is 2.05. The Morgan fingerprint density at radius 3 is 2.85 bits per heavy atom. The topological polar surface area (TPSA) is 50.8 Å². The van der Waals surface area contributed by atoms with Crippen LogP contribution in [0, 0.1) is 0 Å². The average Bonchev–Trinajstić information content (AvgIpc) is 2.70. The number of nitrogens with zero attached hydrogens (tertiary/aromatic N) is 2. The number of hydrogen-bond acceptors (Lipinski definition) is 3. The van der Waals surface area contributed by atoms with Crippen molar-refractivity contribution >= 4 is 0 Å². The summed E-state index contributed by atoms with van der Waals surface area (Å²) in [6, 6.07) is 7.66. The van der Waals surface area contributed by atoms with Crippen molar-refractivity contribution in [3.8, 4) is 17.1 Å². The number of H-pyrrole nitrogens is 1. The number of rotatable bonds is 2. The minimum atomic E-state index is 0.720. The Bertz CT molecular complexity index is 384. The molecule has 4 nitrogen and oxygen atoms in total. The summed E-state index contributed by atoms with van der Waals surface area (Å²) < 4.78 is 5.18. The van der Waals surface area contributed by atoms with Gasteiger partial charge in [-0.25, -0.2) is 4.98 Å². The third-order valence-electron chi connectivity index (χ3n) is 1.78. The number of methoxy groups -OCH3 is 1. The summed E-state index contributed by atoms with van der Waals surface area (Å²) in [6.07, 6.45) is 1.47. The van der Waals surface area contributed by atoms with E-state index < -0.39 is 0 Å². The number of aromatic amines is 1. The Hall–Kier alpha value is -1.84. The summed E-state index contributed by atoms with van der Waals surface area (Å²) >= 11 is 0. The fourth-order valence-corrected chi connectivity index (χ4v) is 1.18. The number of benzene rings is 1. The van der Waals surface area contributed by atoms with Gasteiger partial charge in [-0.05, 0) is 12.1 Å². The van der Waals surface area contributed by atoms with Crippen molar-refractivity contribution in [2.24, 2.45) is 0 Å². The molecule has 0 spiro atoms. The molecule has 1 aromatic carbocycles. The Morgan fingerprint density at radius 1 is 1.31 bits per heavy atom. The largest absolute Gasteiger partial charge is 0.496 e. The van der Waals surface area contributed by atoms with E-state index in [0.717, 1.165) is 17.1 Å². The van der Waals surface area contributed by atoms with Crippen molar-refractivity contribution < 1.29 is 4.74 Å². The van der Waals surface area contributed by atoms with Crippen molar-refractivity contribution in [3.63, 3.8) is 0 Å². The molecule has 0 aliphatic rings. The molecule has 0 atom stereocenters. The van der Waals surface area contributed by atoms with Gasteiger partial charge in [0, 0.05) is 0 Å². The maximum absolute atomic E-state index is 5.18. The van der Waals surface area contributed by atoms with E-state index in [1.54, 1.807) is 7.11 Å². The van der Waals surface area contributed by atoms with E-state index >= 15 is 0 Å². The van der Waals surface area contributed by atoms with Gasteiger partial charge in [0.05, 0.1) is 12.7 Å². The Labute approximate surface area is 75.6 Å². The third-order valence-corrected chi connectivity index (χ3v) is 1.78. The van der Waals surface area contributed by atoms with Gasteiger partial charge >= 0.3 is 0 Å². The second kappa shape index (κ2) is 3.26. The van der Waals surface area contributed by atoms with Crippen LogP contribution in [0.3, 0.4) is 0 Å². The predicted octanol–water partition coefficient (Wildman–Crippen LogP) is 1.48. The number of ether oxygens (including phenoxy) is 1. The van der Waals surface area contributed by atoms with E-state index in [0.29, 0.717) is 0 Å². The molecule has 13 heavy (non-hydrogen) atoms. The summed E-state index contributed by atoms with van der Waals surface area (Å²) in [5, 5.41) is 6.57. The van der Waals surface area contributed by atoms with Crippen LogP contribution in [0.2, 0.25) is 0 Å². The van der Waals surface area contributed by atoms with Crippen LogP contribution < -0.4 is 4.74 Å². The van der Waals surface area contributed by atoms with Crippen molar-refractivity contribution in [3.05, 3.63) is 30.6 Å². The summed E-state index contributed by atoms with van der Waals surface area (Å²) in [4.78, 5) is 4.05. The Kier molecular flexibility index (Phi) is 1.96. The standard InChI is InChI=1S/C9H9N3O/c1-13-8-5-3-2-4-7(8)9-10-6-11-12-9/h2-6H,1H3,(H,10,11,12). The van der Waals surface area contributed by atoms with Gasteiger partial charge in [-0.2, -0.15) is 5.10 Å². The van der Waals surface area contributed by atoms with Crippen LogP contribution in [0.25, 0.3) is 11.4 Å². The van der Waals surface area contributed by atoms with Gasteiger partial charge in [0.15, 0.2) is 5.82 Å². The zero-order chi connectivity index (χ0) is 9.10. The molecule has 0 bridgehead atoms. The molecule has 4 heteroatoms. The fraction of sp³-hybridized carbons (Fsp3) is 0.111. The molecule has 0 amide bonds. The second-order valence-corrected chi connectivity index (χ2v) is 2.53. The van der Waals surface area contributed by atoms with Crippen LogP contribution in [0.4, 0.5) is 0 Å². The summed E-state index contributed by atoms with van der Waals surface area (Å²) in [5.41, 5.74) is 0.919. The zero-order valence-corrected chi connectivity index (χ0v) is 7.19. The lowest BCUT2D eigenvalue weighted by atomic mass is 10.2. The van der Waals surface area contributed by atoms with Crippen LogP contribution in [-0.4, -0.2) is 22.3 Å². The maximum Gasteiger partial charge on any atom is 0.159 e. The smallest absolute Gasteiger partial charge is 0.159 e. The van der Waals surface area contributed by atoms with Crippen LogP contribution in [0.5, 0.6) is 5.75 Å². The summed E-state index contributed by atoms with van der Waals surface area (Å²) in [5.74, 6) is 1.51.